The lowest BCUT2D eigenvalue weighted by molar-refractivity contribution is -0.156. The summed E-state index contributed by atoms with van der Waals surface area (Å²) in [6.07, 6.45) is 1.42. The summed E-state index contributed by atoms with van der Waals surface area (Å²) < 4.78 is 5.16. The average molecular weight is 257 g/mol. The Morgan fingerprint density at radius 2 is 1.78 bits per heavy atom. The molecular formula is C14H27NO3. The van der Waals surface area contributed by atoms with Crippen molar-refractivity contribution in [3.8, 4) is 0 Å². The third kappa shape index (κ3) is 8.09. The van der Waals surface area contributed by atoms with E-state index in [-0.39, 0.29) is 24.7 Å². The Kier molecular flexibility index (Phi) is 6.96. The molecule has 0 fully saturated rings. The highest BCUT2D eigenvalue weighted by Crippen LogP contribution is 2.10. The van der Waals surface area contributed by atoms with Gasteiger partial charge in [0.25, 0.3) is 0 Å². The number of hydrogen-bond donors (Lipinski definition) is 0. The molecule has 0 aromatic carbocycles. The second-order valence-corrected chi connectivity index (χ2v) is 5.87. The molecule has 0 aromatic heterocycles. The Morgan fingerprint density at radius 3 is 2.22 bits per heavy atom. The van der Waals surface area contributed by atoms with E-state index in [0.717, 1.165) is 13.0 Å². The van der Waals surface area contributed by atoms with Gasteiger partial charge in [-0.2, -0.15) is 0 Å². The van der Waals surface area contributed by atoms with Gasteiger partial charge in [-0.1, -0.05) is 20.3 Å². The lowest BCUT2D eigenvalue weighted by Crippen LogP contribution is -2.31. The minimum atomic E-state index is -0.483. The average Bonchev–Trinajstić information content (AvgIpc) is 2.23. The summed E-state index contributed by atoms with van der Waals surface area (Å²) >= 11 is 0. The molecule has 0 aromatic rings. The molecule has 1 unspecified atom stereocenters. The first-order valence-electron chi connectivity index (χ1n) is 6.61. The van der Waals surface area contributed by atoms with Crippen molar-refractivity contribution in [2.75, 3.05) is 13.6 Å². The predicted molar refractivity (Wildman–Crippen MR) is 72.2 cm³/mol. The zero-order valence-electron chi connectivity index (χ0n) is 12.6. The van der Waals surface area contributed by atoms with E-state index in [2.05, 4.69) is 13.8 Å². The molecule has 0 aliphatic carbocycles. The molecule has 18 heavy (non-hydrogen) atoms. The van der Waals surface area contributed by atoms with E-state index in [1.165, 1.54) is 0 Å². The highest BCUT2D eigenvalue weighted by Gasteiger charge is 2.18. The number of rotatable bonds is 6. The van der Waals surface area contributed by atoms with Crippen LogP contribution in [0.15, 0.2) is 0 Å². The van der Waals surface area contributed by atoms with Crippen LogP contribution in [0.5, 0.6) is 0 Å². The predicted octanol–water partition coefficient (Wildman–Crippen LogP) is 2.61. The second kappa shape index (κ2) is 7.39. The maximum absolute atomic E-state index is 11.8. The first-order valence-corrected chi connectivity index (χ1v) is 6.61. The Labute approximate surface area is 111 Å². The molecule has 0 aliphatic heterocycles. The van der Waals surface area contributed by atoms with Gasteiger partial charge in [-0.05, 0) is 26.7 Å². The second-order valence-electron chi connectivity index (χ2n) is 5.87. The fraction of sp³-hybridized carbons (Fsp3) is 0.857. The molecule has 0 radical (unpaired) electrons. The van der Waals surface area contributed by atoms with Crippen molar-refractivity contribution in [1.82, 2.24) is 4.90 Å². The van der Waals surface area contributed by atoms with Crippen molar-refractivity contribution in [1.29, 1.82) is 0 Å². The highest BCUT2D eigenvalue weighted by atomic mass is 16.6. The molecule has 0 spiro atoms. The number of esters is 1. The number of nitrogens with zero attached hydrogens (tertiary/aromatic N) is 1. The van der Waals surface area contributed by atoms with Gasteiger partial charge in [0.05, 0.1) is 6.42 Å². The number of ether oxygens (including phenoxy) is 1. The Morgan fingerprint density at radius 1 is 1.22 bits per heavy atom. The largest absolute Gasteiger partial charge is 0.460 e. The van der Waals surface area contributed by atoms with Gasteiger partial charge < -0.3 is 9.64 Å². The Hall–Kier alpha value is -1.06. The maximum Gasteiger partial charge on any atom is 0.306 e. The zero-order valence-corrected chi connectivity index (χ0v) is 12.6. The first kappa shape index (κ1) is 16.9. The summed E-state index contributed by atoms with van der Waals surface area (Å²) in [4.78, 5) is 24.9. The molecule has 0 bridgehead atoms. The van der Waals surface area contributed by atoms with Gasteiger partial charge in [0.2, 0.25) is 5.91 Å². The van der Waals surface area contributed by atoms with Crippen LogP contribution in [0.1, 0.15) is 53.9 Å². The van der Waals surface area contributed by atoms with Crippen LogP contribution in [-0.2, 0) is 14.3 Å². The lowest BCUT2D eigenvalue weighted by Gasteiger charge is -2.22. The van der Waals surface area contributed by atoms with E-state index in [1.807, 2.05) is 20.8 Å². The smallest absolute Gasteiger partial charge is 0.306 e. The van der Waals surface area contributed by atoms with Crippen molar-refractivity contribution in [2.24, 2.45) is 5.92 Å². The zero-order chi connectivity index (χ0) is 14.3. The van der Waals surface area contributed by atoms with E-state index >= 15 is 0 Å². The van der Waals surface area contributed by atoms with Crippen molar-refractivity contribution in [3.05, 3.63) is 0 Å². The van der Waals surface area contributed by atoms with Gasteiger partial charge in [0, 0.05) is 20.0 Å². The van der Waals surface area contributed by atoms with Gasteiger partial charge in [0.1, 0.15) is 5.60 Å². The fourth-order valence-electron chi connectivity index (χ4n) is 1.49. The number of amides is 1. The molecule has 4 heteroatoms. The molecule has 1 atom stereocenters. The van der Waals surface area contributed by atoms with Crippen LogP contribution in [0.2, 0.25) is 0 Å². The van der Waals surface area contributed by atoms with Gasteiger partial charge in [0.15, 0.2) is 0 Å². The summed E-state index contributed by atoms with van der Waals surface area (Å²) in [6, 6.07) is 0. The molecule has 0 aliphatic rings. The normalized spacial score (nSPS) is 13.0. The number of carbonyl (C=O) groups excluding carboxylic acids is 2. The molecular weight excluding hydrogens is 230 g/mol. The minimum absolute atomic E-state index is 0.00107. The summed E-state index contributed by atoms with van der Waals surface area (Å²) in [5, 5.41) is 0. The minimum Gasteiger partial charge on any atom is -0.460 e. The monoisotopic (exact) mass is 257 g/mol. The molecule has 0 rings (SSSR count). The van der Waals surface area contributed by atoms with E-state index in [0.29, 0.717) is 5.92 Å². The Bertz CT molecular complexity index is 281. The molecule has 4 nitrogen and oxygen atoms in total. The summed E-state index contributed by atoms with van der Waals surface area (Å²) in [5.41, 5.74) is -0.483. The van der Waals surface area contributed by atoms with Gasteiger partial charge in [-0.3, -0.25) is 9.59 Å². The van der Waals surface area contributed by atoms with Crippen LogP contribution in [0.4, 0.5) is 0 Å². The van der Waals surface area contributed by atoms with Crippen LogP contribution in [0, 0.1) is 5.92 Å². The maximum atomic E-state index is 11.8. The van der Waals surface area contributed by atoms with Crippen LogP contribution < -0.4 is 0 Å². The van der Waals surface area contributed by atoms with Gasteiger partial charge in [-0.15, -0.1) is 0 Å². The van der Waals surface area contributed by atoms with Crippen LogP contribution in [0.3, 0.4) is 0 Å². The topological polar surface area (TPSA) is 46.6 Å². The standard InChI is InChI=1S/C14H27NO3/c1-7-11(2)10-15(6)12(16)8-9-13(17)18-14(3,4)5/h11H,7-10H2,1-6H3. The molecule has 0 saturated heterocycles. The van der Waals surface area contributed by atoms with Crippen LogP contribution >= 0.6 is 0 Å². The van der Waals surface area contributed by atoms with E-state index in [9.17, 15) is 9.59 Å². The molecule has 0 N–H and O–H groups in total. The third-order valence-electron chi connectivity index (χ3n) is 2.67. The van der Waals surface area contributed by atoms with Gasteiger partial charge in [-0.25, -0.2) is 0 Å². The lowest BCUT2D eigenvalue weighted by atomic mass is 10.1. The summed E-state index contributed by atoms with van der Waals surface area (Å²) in [6.45, 7) is 10.4. The van der Waals surface area contributed by atoms with Crippen molar-refractivity contribution >= 4 is 11.9 Å². The summed E-state index contributed by atoms with van der Waals surface area (Å²) in [7, 11) is 1.78. The summed E-state index contributed by atoms with van der Waals surface area (Å²) in [5.74, 6) is 0.175. The molecule has 0 heterocycles. The SMILES string of the molecule is CCC(C)CN(C)C(=O)CCC(=O)OC(C)(C)C. The molecule has 0 saturated carbocycles. The van der Waals surface area contributed by atoms with Crippen LogP contribution in [0.25, 0.3) is 0 Å². The van der Waals surface area contributed by atoms with Crippen molar-refractivity contribution in [2.45, 2.75) is 59.5 Å². The van der Waals surface area contributed by atoms with Gasteiger partial charge >= 0.3 is 5.97 Å². The van der Waals surface area contributed by atoms with E-state index in [1.54, 1.807) is 11.9 Å². The third-order valence-corrected chi connectivity index (χ3v) is 2.67. The van der Waals surface area contributed by atoms with E-state index < -0.39 is 5.60 Å². The molecule has 1 amide bonds. The molecule has 106 valence electrons. The van der Waals surface area contributed by atoms with Crippen molar-refractivity contribution < 1.29 is 14.3 Å². The first-order chi connectivity index (χ1) is 8.15. The van der Waals surface area contributed by atoms with Crippen molar-refractivity contribution in [3.63, 3.8) is 0 Å². The van der Waals surface area contributed by atoms with Crippen LogP contribution in [-0.4, -0.2) is 36.0 Å². The quantitative estimate of drug-likeness (QED) is 0.687. The number of hydrogen-bond acceptors (Lipinski definition) is 3. The Balaban J connectivity index is 3.99. The fourth-order valence-corrected chi connectivity index (χ4v) is 1.49. The van der Waals surface area contributed by atoms with E-state index in [4.69, 9.17) is 4.74 Å². The highest BCUT2D eigenvalue weighted by molar-refractivity contribution is 5.81. The number of carbonyl (C=O) groups is 2.